The number of hydrogen-bond donors (Lipinski definition) is 1. The van der Waals surface area contributed by atoms with Crippen molar-refractivity contribution in [2.45, 2.75) is 38.6 Å². The fraction of sp³-hybridized carbons (Fsp3) is 0.471. The number of pyridine rings is 1. The van der Waals surface area contributed by atoms with E-state index in [1.807, 2.05) is 25.4 Å². The first-order valence-corrected chi connectivity index (χ1v) is 7.99. The van der Waals surface area contributed by atoms with Crippen molar-refractivity contribution >= 4 is 5.82 Å². The number of aryl methyl sites for hydroxylation is 1. The number of rotatable bonds is 4. The zero-order valence-electron chi connectivity index (χ0n) is 13.1. The van der Waals surface area contributed by atoms with Crippen molar-refractivity contribution in [3.8, 4) is 0 Å². The maximum Gasteiger partial charge on any atom is 0.131 e. The molecule has 1 aliphatic rings. The van der Waals surface area contributed by atoms with Gasteiger partial charge in [0.15, 0.2) is 0 Å². The molecule has 5 nitrogen and oxygen atoms in total. The van der Waals surface area contributed by atoms with Gasteiger partial charge in [0.25, 0.3) is 0 Å². The molecule has 116 valence electrons. The molecule has 1 aliphatic heterocycles. The van der Waals surface area contributed by atoms with Crippen molar-refractivity contribution in [1.29, 1.82) is 0 Å². The second-order valence-corrected chi connectivity index (χ2v) is 5.86. The molecule has 0 amide bonds. The van der Waals surface area contributed by atoms with Crippen LogP contribution in [0.2, 0.25) is 0 Å². The maximum atomic E-state index is 6.04. The summed E-state index contributed by atoms with van der Waals surface area (Å²) in [5, 5.41) is 0. The van der Waals surface area contributed by atoms with Crippen LogP contribution in [-0.4, -0.2) is 32.9 Å². The van der Waals surface area contributed by atoms with Crippen molar-refractivity contribution in [3.05, 3.63) is 47.7 Å². The van der Waals surface area contributed by atoms with E-state index in [0.717, 1.165) is 50.3 Å². The molecule has 1 saturated heterocycles. The molecule has 3 heterocycles. The topological polar surface area (TPSA) is 67.9 Å². The van der Waals surface area contributed by atoms with Gasteiger partial charge in [-0.1, -0.05) is 13.0 Å². The van der Waals surface area contributed by atoms with Crippen molar-refractivity contribution in [3.63, 3.8) is 0 Å². The molecule has 3 rings (SSSR count). The number of nitrogens with zero attached hydrogens (tertiary/aromatic N) is 4. The molecule has 0 saturated carbocycles. The molecule has 0 bridgehead atoms. The SMILES string of the molecule is CCc1ncc(CN2CCC(c3ccccn3)CC2)c(N)n1. The third-order valence-electron chi connectivity index (χ3n) is 4.35. The third kappa shape index (κ3) is 3.42. The molecule has 0 unspecified atom stereocenters. The summed E-state index contributed by atoms with van der Waals surface area (Å²) >= 11 is 0. The minimum absolute atomic E-state index is 0.577. The second kappa shape index (κ2) is 6.83. The van der Waals surface area contributed by atoms with Gasteiger partial charge in [0, 0.05) is 42.5 Å². The molecular formula is C17H23N5. The number of anilines is 1. The quantitative estimate of drug-likeness (QED) is 0.938. The lowest BCUT2D eigenvalue weighted by molar-refractivity contribution is 0.203. The van der Waals surface area contributed by atoms with Crippen LogP contribution in [0.5, 0.6) is 0 Å². The van der Waals surface area contributed by atoms with E-state index in [2.05, 4.69) is 32.0 Å². The number of likely N-dealkylation sites (tertiary alicyclic amines) is 1. The second-order valence-electron chi connectivity index (χ2n) is 5.86. The van der Waals surface area contributed by atoms with Gasteiger partial charge in [0.2, 0.25) is 0 Å². The van der Waals surface area contributed by atoms with Crippen LogP contribution in [0.25, 0.3) is 0 Å². The molecular weight excluding hydrogens is 274 g/mol. The zero-order chi connectivity index (χ0) is 15.4. The van der Waals surface area contributed by atoms with Crippen LogP contribution in [-0.2, 0) is 13.0 Å². The highest BCUT2D eigenvalue weighted by molar-refractivity contribution is 5.37. The number of nitrogen functional groups attached to an aromatic ring is 1. The molecule has 1 fully saturated rings. The van der Waals surface area contributed by atoms with Gasteiger partial charge in [-0.2, -0.15) is 0 Å². The Kier molecular flexibility index (Phi) is 4.63. The summed E-state index contributed by atoms with van der Waals surface area (Å²) in [5.74, 6) is 2.02. The van der Waals surface area contributed by atoms with Crippen molar-refractivity contribution < 1.29 is 0 Å². The van der Waals surface area contributed by atoms with E-state index < -0.39 is 0 Å². The molecule has 22 heavy (non-hydrogen) atoms. The largest absolute Gasteiger partial charge is 0.383 e. The molecule has 2 aromatic heterocycles. The van der Waals surface area contributed by atoms with Crippen molar-refractivity contribution in [2.75, 3.05) is 18.8 Å². The van der Waals surface area contributed by atoms with E-state index in [1.54, 1.807) is 0 Å². The summed E-state index contributed by atoms with van der Waals surface area (Å²) in [6.07, 6.45) is 6.87. The number of hydrogen-bond acceptors (Lipinski definition) is 5. The number of nitrogens with two attached hydrogens (primary N) is 1. The Bertz CT molecular complexity index is 606. The van der Waals surface area contributed by atoms with Crippen LogP contribution in [0, 0.1) is 0 Å². The first kappa shape index (κ1) is 14.9. The highest BCUT2D eigenvalue weighted by Crippen LogP contribution is 2.27. The Labute approximate surface area is 131 Å². The molecule has 5 heteroatoms. The summed E-state index contributed by atoms with van der Waals surface area (Å²) < 4.78 is 0. The lowest BCUT2D eigenvalue weighted by Gasteiger charge is -2.31. The van der Waals surface area contributed by atoms with E-state index in [4.69, 9.17) is 5.73 Å². The molecule has 0 radical (unpaired) electrons. The van der Waals surface area contributed by atoms with Crippen LogP contribution in [0.4, 0.5) is 5.82 Å². The Balaban J connectivity index is 1.58. The van der Waals surface area contributed by atoms with Crippen LogP contribution in [0.3, 0.4) is 0 Å². The van der Waals surface area contributed by atoms with Crippen LogP contribution < -0.4 is 5.73 Å². The predicted octanol–water partition coefficient (Wildman–Crippen LogP) is 2.40. The summed E-state index contributed by atoms with van der Waals surface area (Å²) in [5.41, 5.74) is 8.30. The van der Waals surface area contributed by atoms with Gasteiger partial charge in [-0.05, 0) is 38.1 Å². The summed E-state index contributed by atoms with van der Waals surface area (Å²) in [7, 11) is 0. The highest BCUT2D eigenvalue weighted by Gasteiger charge is 2.22. The Morgan fingerprint density at radius 3 is 2.68 bits per heavy atom. The van der Waals surface area contributed by atoms with Gasteiger partial charge in [-0.15, -0.1) is 0 Å². The zero-order valence-corrected chi connectivity index (χ0v) is 13.1. The number of aromatic nitrogens is 3. The van der Waals surface area contributed by atoms with Gasteiger partial charge in [0.05, 0.1) is 0 Å². The van der Waals surface area contributed by atoms with Gasteiger partial charge in [-0.3, -0.25) is 9.88 Å². The van der Waals surface area contributed by atoms with E-state index >= 15 is 0 Å². The smallest absolute Gasteiger partial charge is 0.131 e. The highest BCUT2D eigenvalue weighted by atomic mass is 15.1. The van der Waals surface area contributed by atoms with Gasteiger partial charge < -0.3 is 5.73 Å². The number of piperidine rings is 1. The fourth-order valence-corrected chi connectivity index (χ4v) is 3.00. The molecule has 0 atom stereocenters. The normalized spacial score (nSPS) is 16.8. The fourth-order valence-electron chi connectivity index (χ4n) is 3.00. The monoisotopic (exact) mass is 297 g/mol. The standard InChI is InChI=1S/C17H23N5/c1-2-16-20-11-14(17(18)21-16)12-22-9-6-13(7-10-22)15-5-3-4-8-19-15/h3-5,8,11,13H,2,6-7,9-10,12H2,1H3,(H2,18,20,21). The molecule has 2 aromatic rings. The van der Waals surface area contributed by atoms with Crippen LogP contribution in [0.15, 0.2) is 30.6 Å². The minimum Gasteiger partial charge on any atom is -0.383 e. The maximum absolute atomic E-state index is 6.04. The molecule has 0 spiro atoms. The average Bonchev–Trinajstić information content (AvgIpc) is 2.58. The van der Waals surface area contributed by atoms with E-state index in [9.17, 15) is 0 Å². The molecule has 0 aromatic carbocycles. The molecule has 0 aliphatic carbocycles. The van der Waals surface area contributed by atoms with Crippen molar-refractivity contribution in [1.82, 2.24) is 19.9 Å². The Morgan fingerprint density at radius 1 is 1.23 bits per heavy atom. The van der Waals surface area contributed by atoms with Gasteiger partial charge >= 0.3 is 0 Å². The van der Waals surface area contributed by atoms with E-state index in [0.29, 0.717) is 11.7 Å². The lowest BCUT2D eigenvalue weighted by Crippen LogP contribution is -2.33. The van der Waals surface area contributed by atoms with E-state index in [1.165, 1.54) is 5.69 Å². The third-order valence-corrected chi connectivity index (χ3v) is 4.35. The van der Waals surface area contributed by atoms with Crippen LogP contribution in [0.1, 0.15) is 42.8 Å². The summed E-state index contributed by atoms with van der Waals surface area (Å²) in [6.45, 7) is 5.01. The average molecular weight is 297 g/mol. The van der Waals surface area contributed by atoms with Crippen molar-refractivity contribution in [2.24, 2.45) is 0 Å². The Morgan fingerprint density at radius 2 is 2.05 bits per heavy atom. The van der Waals surface area contributed by atoms with E-state index in [-0.39, 0.29) is 0 Å². The predicted molar refractivity (Wildman–Crippen MR) is 87.3 cm³/mol. The van der Waals surface area contributed by atoms with Gasteiger partial charge in [-0.25, -0.2) is 9.97 Å². The van der Waals surface area contributed by atoms with Gasteiger partial charge in [0.1, 0.15) is 11.6 Å². The first-order valence-electron chi connectivity index (χ1n) is 7.99. The Hall–Kier alpha value is -2.01. The minimum atomic E-state index is 0.577. The van der Waals surface area contributed by atoms with Crippen LogP contribution >= 0.6 is 0 Å². The lowest BCUT2D eigenvalue weighted by atomic mass is 9.93. The summed E-state index contributed by atoms with van der Waals surface area (Å²) in [4.78, 5) is 15.6. The first-order chi connectivity index (χ1) is 10.8. The molecule has 2 N–H and O–H groups in total. The summed E-state index contributed by atoms with van der Waals surface area (Å²) in [6, 6.07) is 6.18.